The predicted octanol–water partition coefficient (Wildman–Crippen LogP) is 2.73. The van der Waals surface area contributed by atoms with E-state index in [1.54, 1.807) is 0 Å². The second-order valence-corrected chi connectivity index (χ2v) is 14.7. The van der Waals surface area contributed by atoms with Crippen molar-refractivity contribution in [2.24, 2.45) is 0 Å². The van der Waals surface area contributed by atoms with E-state index in [4.69, 9.17) is 5.39 Å². The lowest BCUT2D eigenvalue weighted by atomic mass is 11.8. The molecule has 0 N–H and O–H groups in total. The molecule has 0 saturated heterocycles. The molecule has 0 atom stereocenters. The number of hydrogen-bond acceptors (Lipinski definition) is 2. The third-order valence-electron chi connectivity index (χ3n) is 1.36. The second kappa shape index (κ2) is 2.95. The highest BCUT2D eigenvalue weighted by Gasteiger charge is 2.43. The summed E-state index contributed by atoms with van der Waals surface area (Å²) in [5, 5.41) is 12.2. The van der Waals surface area contributed by atoms with Gasteiger partial charge in [-0.05, 0) is 39.3 Å². The molecule has 5 heteroatoms. The van der Waals surface area contributed by atoms with Crippen LogP contribution in [-0.2, 0) is 0 Å². The summed E-state index contributed by atoms with van der Waals surface area (Å²) in [5.74, 6) is 0. The summed E-state index contributed by atoms with van der Waals surface area (Å²) < 4.78 is 1.96. The number of hydrogen-bond donors (Lipinski definition) is 0. The molecule has 0 aliphatic rings. The van der Waals surface area contributed by atoms with Crippen molar-refractivity contribution in [2.45, 2.75) is 39.3 Å². The van der Waals surface area contributed by atoms with Crippen molar-refractivity contribution in [3.63, 3.8) is 0 Å². The first-order valence-electron chi connectivity index (χ1n) is 3.85. The van der Waals surface area contributed by atoms with E-state index in [2.05, 4.69) is 44.4 Å². The van der Waals surface area contributed by atoms with Gasteiger partial charge in [0.05, 0.1) is 0 Å². The molecule has 0 aromatic carbocycles. The van der Waals surface area contributed by atoms with Crippen molar-refractivity contribution in [2.75, 3.05) is 0 Å². The maximum Gasteiger partial charge on any atom is 0.285 e. The van der Waals surface area contributed by atoms with Gasteiger partial charge in [-0.2, -0.15) is 0 Å². The third kappa shape index (κ3) is 3.03. The van der Waals surface area contributed by atoms with Crippen LogP contribution in [0.2, 0.25) is 39.3 Å². The highest BCUT2D eigenvalue weighted by molar-refractivity contribution is 6.89. The van der Waals surface area contributed by atoms with E-state index in [9.17, 15) is 0 Å². The molecule has 0 radical (unpaired) electrons. The first-order chi connectivity index (χ1) is 4.69. The van der Waals surface area contributed by atoms with Gasteiger partial charge in [0, 0.05) is 0 Å². The number of diazo groups is 1. The Morgan fingerprint density at radius 2 is 1.18 bits per heavy atom. The highest BCUT2D eigenvalue weighted by atomic mass is 28.4. The first kappa shape index (κ1) is 10.7. The van der Waals surface area contributed by atoms with Crippen molar-refractivity contribution in [3.8, 4) is 0 Å². The Balaban J connectivity index is 4.60. The lowest BCUT2D eigenvalue weighted by Gasteiger charge is -2.27. The lowest BCUT2D eigenvalue weighted by Crippen LogP contribution is -2.54. The Labute approximate surface area is 71.2 Å². The van der Waals surface area contributed by atoms with Gasteiger partial charge in [0.15, 0.2) is 0 Å². The topological polar surface area (TPSA) is 31.4 Å². The predicted molar refractivity (Wildman–Crippen MR) is 53.6 cm³/mol. The van der Waals surface area contributed by atoms with Crippen LogP contribution in [-0.4, -0.2) is 20.8 Å². The molecule has 0 amide bonds. The summed E-state index contributed by atoms with van der Waals surface area (Å²) in [4.78, 5) is 0. The molecule has 0 aliphatic carbocycles. The van der Waals surface area contributed by atoms with Gasteiger partial charge >= 0.3 is 0 Å². The molecule has 0 spiro atoms. The lowest BCUT2D eigenvalue weighted by molar-refractivity contribution is 0.796. The molecule has 0 bridgehead atoms. The molecule has 0 unspecified atom stereocenters. The van der Waals surface area contributed by atoms with Crippen LogP contribution < -0.4 is 0 Å². The zero-order valence-corrected chi connectivity index (χ0v) is 10.3. The molecule has 0 aliphatic heterocycles. The van der Waals surface area contributed by atoms with Crippen molar-refractivity contribution < 1.29 is 0 Å². The molecule has 0 heterocycles. The van der Waals surface area contributed by atoms with Crippen LogP contribution in [0.5, 0.6) is 0 Å². The van der Waals surface area contributed by atoms with E-state index in [1.165, 1.54) is 0 Å². The molecule has 11 heavy (non-hydrogen) atoms. The highest BCUT2D eigenvalue weighted by Crippen LogP contribution is 2.19. The normalized spacial score (nSPS) is 12.5. The van der Waals surface area contributed by atoms with Gasteiger partial charge in [0.2, 0.25) is 16.5 Å². The fourth-order valence-electron chi connectivity index (χ4n) is 1.27. The summed E-state index contributed by atoms with van der Waals surface area (Å²) in [6, 6.07) is 0. The molecule has 3 nitrogen and oxygen atoms in total. The van der Waals surface area contributed by atoms with Crippen LogP contribution in [0.15, 0.2) is 0 Å². The molecule has 0 saturated carbocycles. The van der Waals surface area contributed by atoms with Crippen molar-refractivity contribution in [1.29, 1.82) is 5.39 Å². The Bertz CT molecular complexity index is 158. The van der Waals surface area contributed by atoms with Gasteiger partial charge in [-0.25, -0.2) is 0 Å². The summed E-state index contributed by atoms with van der Waals surface area (Å²) in [7, 11) is -2.89. The maximum atomic E-state index is 8.82. The van der Waals surface area contributed by atoms with E-state index < -0.39 is 16.5 Å². The van der Waals surface area contributed by atoms with Crippen LogP contribution in [0, 0.1) is 5.39 Å². The van der Waals surface area contributed by atoms with Crippen LogP contribution in [0.3, 0.4) is 0 Å². The van der Waals surface area contributed by atoms with Crippen molar-refractivity contribution in [3.05, 3.63) is 5.08 Å². The molecule has 0 aromatic heterocycles. The first-order valence-corrected chi connectivity index (χ1v) is 10.7. The van der Waals surface area contributed by atoms with Crippen molar-refractivity contribution >= 4 is 16.5 Å². The minimum Gasteiger partial charge on any atom is -0.114 e. The fraction of sp³-hybridized carbons (Fsp3) is 1.00. The summed E-state index contributed by atoms with van der Waals surface area (Å²) in [6.07, 6.45) is 0. The smallest absolute Gasteiger partial charge is 0.114 e. The van der Waals surface area contributed by atoms with Gasteiger partial charge in [-0.3, -0.25) is 0 Å². The van der Waals surface area contributed by atoms with E-state index in [1.807, 2.05) is 4.34 Å². The standard InChI is InChI=1S/C6H18N3Si2/c1-10(2,3)9(8-7)11(4,5)6/h1-6H3/q+1. The van der Waals surface area contributed by atoms with Gasteiger partial charge in [0.25, 0.3) is 10.5 Å². The summed E-state index contributed by atoms with van der Waals surface area (Å²) in [6.45, 7) is 13.1. The van der Waals surface area contributed by atoms with Crippen molar-refractivity contribution in [1.82, 2.24) is 4.34 Å². The minimum absolute atomic E-state index is 1.44. The third-order valence-corrected chi connectivity index (χ3v) is 8.11. The zero-order chi connectivity index (χ0) is 9.28. The SMILES string of the molecule is C[Si](C)(C)N([N+]#N)[Si](C)(C)C. The molecule has 0 aromatic rings. The Hall–Kier alpha value is -0.346. The van der Waals surface area contributed by atoms with Gasteiger partial charge in [-0.1, -0.05) is 0 Å². The maximum absolute atomic E-state index is 8.82. The number of nitrogens with zero attached hydrogens (tertiary/aromatic N) is 3. The molecular weight excluding hydrogens is 170 g/mol. The van der Waals surface area contributed by atoms with E-state index in [0.717, 1.165) is 0 Å². The Morgan fingerprint density at radius 3 is 1.18 bits per heavy atom. The average molecular weight is 188 g/mol. The average Bonchev–Trinajstić information content (AvgIpc) is 1.56. The number of rotatable bonds is 2. The zero-order valence-electron chi connectivity index (χ0n) is 8.34. The summed E-state index contributed by atoms with van der Waals surface area (Å²) >= 11 is 0. The van der Waals surface area contributed by atoms with Gasteiger partial charge in [0.1, 0.15) is 0 Å². The monoisotopic (exact) mass is 188 g/mol. The Kier molecular flexibility index (Phi) is 2.86. The van der Waals surface area contributed by atoms with Gasteiger partial charge in [-0.15, -0.1) is 4.34 Å². The van der Waals surface area contributed by atoms with Crippen LogP contribution in [0.1, 0.15) is 0 Å². The van der Waals surface area contributed by atoms with Crippen LogP contribution in [0.4, 0.5) is 0 Å². The summed E-state index contributed by atoms with van der Waals surface area (Å²) in [5.41, 5.74) is 0. The fourth-order valence-corrected chi connectivity index (χ4v) is 9.86. The van der Waals surface area contributed by atoms with E-state index in [0.29, 0.717) is 0 Å². The minimum atomic E-state index is -1.44. The quantitative estimate of drug-likeness (QED) is 0.379. The molecule has 0 fully saturated rings. The second-order valence-electron chi connectivity index (χ2n) is 4.74. The molecule has 64 valence electrons. The van der Waals surface area contributed by atoms with Gasteiger partial charge < -0.3 is 0 Å². The van der Waals surface area contributed by atoms with Crippen LogP contribution >= 0.6 is 0 Å². The largest absolute Gasteiger partial charge is 0.285 e. The van der Waals surface area contributed by atoms with E-state index >= 15 is 0 Å². The Morgan fingerprint density at radius 1 is 0.909 bits per heavy atom. The van der Waals surface area contributed by atoms with Crippen LogP contribution in [0.25, 0.3) is 5.08 Å². The molecular formula is C6H18N3Si2+. The van der Waals surface area contributed by atoms with E-state index in [-0.39, 0.29) is 0 Å². The molecule has 0 rings (SSSR count).